The number of anilines is 2. The summed E-state index contributed by atoms with van der Waals surface area (Å²) in [5.41, 5.74) is 5.64. The molecule has 0 aliphatic heterocycles. The van der Waals surface area contributed by atoms with Crippen molar-refractivity contribution < 1.29 is 0 Å². The van der Waals surface area contributed by atoms with E-state index in [0.717, 1.165) is 5.82 Å². The van der Waals surface area contributed by atoms with Crippen molar-refractivity contribution in [2.24, 2.45) is 7.05 Å². The SMILES string of the molecule is Cn1ccnc1CNc1ncnc(N)c1Br. The van der Waals surface area contributed by atoms with Gasteiger partial charge in [0.05, 0.1) is 6.54 Å². The summed E-state index contributed by atoms with van der Waals surface area (Å²) >= 11 is 3.32. The van der Waals surface area contributed by atoms with Crippen molar-refractivity contribution in [3.8, 4) is 0 Å². The molecule has 6 nitrogen and oxygen atoms in total. The highest BCUT2D eigenvalue weighted by atomic mass is 79.9. The van der Waals surface area contributed by atoms with E-state index in [0.29, 0.717) is 22.7 Å². The maximum atomic E-state index is 5.64. The van der Waals surface area contributed by atoms with Gasteiger partial charge in [-0.15, -0.1) is 0 Å². The largest absolute Gasteiger partial charge is 0.383 e. The normalized spacial score (nSPS) is 10.4. The molecule has 2 heterocycles. The lowest BCUT2D eigenvalue weighted by molar-refractivity contribution is 0.810. The lowest BCUT2D eigenvalue weighted by Gasteiger charge is -2.07. The number of halogens is 1. The Morgan fingerprint density at radius 2 is 2.25 bits per heavy atom. The fourth-order valence-electron chi connectivity index (χ4n) is 1.24. The zero-order valence-corrected chi connectivity index (χ0v) is 10.3. The Balaban J connectivity index is 2.11. The van der Waals surface area contributed by atoms with Gasteiger partial charge in [-0.1, -0.05) is 0 Å². The van der Waals surface area contributed by atoms with Gasteiger partial charge >= 0.3 is 0 Å². The quantitative estimate of drug-likeness (QED) is 0.883. The van der Waals surface area contributed by atoms with E-state index in [1.54, 1.807) is 6.20 Å². The summed E-state index contributed by atoms with van der Waals surface area (Å²) in [5.74, 6) is 2.00. The van der Waals surface area contributed by atoms with Crippen LogP contribution < -0.4 is 11.1 Å². The molecule has 0 radical (unpaired) electrons. The lowest BCUT2D eigenvalue weighted by atomic mass is 10.5. The highest BCUT2D eigenvalue weighted by Gasteiger charge is 2.06. The molecule has 0 fully saturated rings. The van der Waals surface area contributed by atoms with Crippen molar-refractivity contribution in [1.82, 2.24) is 19.5 Å². The van der Waals surface area contributed by atoms with Gasteiger partial charge in [0.15, 0.2) is 0 Å². The molecule has 0 aliphatic rings. The molecule has 0 bridgehead atoms. The second-order valence-electron chi connectivity index (χ2n) is 3.23. The average molecular weight is 283 g/mol. The molecule has 2 aromatic heterocycles. The number of aromatic nitrogens is 4. The maximum absolute atomic E-state index is 5.64. The molecule has 0 amide bonds. The van der Waals surface area contributed by atoms with Gasteiger partial charge in [-0.05, 0) is 15.9 Å². The number of nitrogens with one attached hydrogen (secondary N) is 1. The van der Waals surface area contributed by atoms with Gasteiger partial charge in [-0.2, -0.15) is 0 Å². The Kier molecular flexibility index (Phi) is 3.04. The first-order valence-electron chi connectivity index (χ1n) is 4.64. The van der Waals surface area contributed by atoms with Crippen LogP contribution in [0.25, 0.3) is 0 Å². The maximum Gasteiger partial charge on any atom is 0.146 e. The van der Waals surface area contributed by atoms with Gasteiger partial charge in [0, 0.05) is 19.4 Å². The number of hydrogen-bond donors (Lipinski definition) is 2. The fourth-order valence-corrected chi connectivity index (χ4v) is 1.58. The van der Waals surface area contributed by atoms with Gasteiger partial charge in [0.25, 0.3) is 0 Å². The number of imidazole rings is 1. The zero-order valence-electron chi connectivity index (χ0n) is 8.68. The van der Waals surface area contributed by atoms with E-state index in [2.05, 4.69) is 36.2 Å². The molecule has 0 saturated carbocycles. The molecular weight excluding hydrogens is 272 g/mol. The Labute approximate surface area is 101 Å². The summed E-state index contributed by atoms with van der Waals surface area (Å²) < 4.78 is 2.61. The summed E-state index contributed by atoms with van der Waals surface area (Å²) in [6.07, 6.45) is 5.06. The zero-order chi connectivity index (χ0) is 11.5. The van der Waals surface area contributed by atoms with Crippen LogP contribution in [0.15, 0.2) is 23.2 Å². The number of nitrogens with zero attached hydrogens (tertiary/aromatic N) is 4. The molecular formula is C9H11BrN6. The van der Waals surface area contributed by atoms with Crippen molar-refractivity contribution in [2.75, 3.05) is 11.1 Å². The second kappa shape index (κ2) is 4.48. The van der Waals surface area contributed by atoms with Gasteiger partial charge in [-0.3, -0.25) is 0 Å². The smallest absolute Gasteiger partial charge is 0.146 e. The van der Waals surface area contributed by atoms with Gasteiger partial charge in [0.2, 0.25) is 0 Å². The van der Waals surface area contributed by atoms with Crippen LogP contribution in [0.2, 0.25) is 0 Å². The van der Waals surface area contributed by atoms with Crippen LogP contribution in [-0.4, -0.2) is 19.5 Å². The minimum atomic E-state index is 0.414. The average Bonchev–Trinajstić information content (AvgIpc) is 2.67. The van der Waals surface area contributed by atoms with E-state index in [1.807, 2.05) is 17.8 Å². The second-order valence-corrected chi connectivity index (χ2v) is 4.02. The van der Waals surface area contributed by atoms with Crippen molar-refractivity contribution >= 4 is 27.6 Å². The van der Waals surface area contributed by atoms with Crippen LogP contribution in [0.4, 0.5) is 11.6 Å². The molecule has 84 valence electrons. The molecule has 7 heteroatoms. The number of nitrogens with two attached hydrogens (primary N) is 1. The molecule has 0 aliphatic carbocycles. The summed E-state index contributed by atoms with van der Waals surface area (Å²) in [6.45, 7) is 0.582. The van der Waals surface area contributed by atoms with Crippen LogP contribution >= 0.6 is 15.9 Å². The van der Waals surface area contributed by atoms with Crippen LogP contribution in [0.1, 0.15) is 5.82 Å². The van der Waals surface area contributed by atoms with E-state index < -0.39 is 0 Å². The van der Waals surface area contributed by atoms with Crippen molar-refractivity contribution in [3.05, 3.63) is 29.0 Å². The number of aryl methyl sites for hydroxylation is 1. The summed E-state index contributed by atoms with van der Waals surface area (Å²) in [4.78, 5) is 12.1. The van der Waals surface area contributed by atoms with E-state index >= 15 is 0 Å². The molecule has 0 unspecified atom stereocenters. The van der Waals surface area contributed by atoms with Crippen molar-refractivity contribution in [1.29, 1.82) is 0 Å². The standard InChI is InChI=1S/C9H11BrN6/c1-16-3-2-12-6(16)4-13-9-7(10)8(11)14-5-15-9/h2-3,5H,4H2,1H3,(H3,11,13,14,15). The topological polar surface area (TPSA) is 81.7 Å². The highest BCUT2D eigenvalue weighted by molar-refractivity contribution is 9.10. The number of hydrogen-bond acceptors (Lipinski definition) is 5. The van der Waals surface area contributed by atoms with Gasteiger partial charge in [-0.25, -0.2) is 15.0 Å². The van der Waals surface area contributed by atoms with Gasteiger partial charge in [0.1, 0.15) is 28.3 Å². The summed E-state index contributed by atoms with van der Waals surface area (Å²) in [6, 6.07) is 0. The molecule has 0 aromatic carbocycles. The van der Waals surface area contributed by atoms with E-state index in [9.17, 15) is 0 Å². The fraction of sp³-hybridized carbons (Fsp3) is 0.222. The first kappa shape index (κ1) is 10.9. The molecule has 0 saturated heterocycles. The Bertz CT molecular complexity index is 494. The minimum Gasteiger partial charge on any atom is -0.383 e. The molecule has 2 aromatic rings. The van der Waals surface area contributed by atoms with Crippen molar-refractivity contribution in [2.45, 2.75) is 6.54 Å². The third kappa shape index (κ3) is 2.13. The molecule has 0 atom stereocenters. The molecule has 2 rings (SSSR count). The first-order valence-corrected chi connectivity index (χ1v) is 5.44. The Hall–Kier alpha value is -1.63. The predicted octanol–water partition coefficient (Wildman–Crippen LogP) is 1.17. The molecule has 0 spiro atoms. The van der Waals surface area contributed by atoms with E-state index in [-0.39, 0.29) is 0 Å². The van der Waals surface area contributed by atoms with Crippen LogP contribution in [-0.2, 0) is 13.6 Å². The van der Waals surface area contributed by atoms with Gasteiger partial charge < -0.3 is 15.6 Å². The number of rotatable bonds is 3. The van der Waals surface area contributed by atoms with Crippen LogP contribution in [0, 0.1) is 0 Å². The van der Waals surface area contributed by atoms with Crippen LogP contribution in [0.5, 0.6) is 0 Å². The first-order chi connectivity index (χ1) is 7.68. The van der Waals surface area contributed by atoms with Crippen LogP contribution in [0.3, 0.4) is 0 Å². The van der Waals surface area contributed by atoms with E-state index in [1.165, 1.54) is 6.33 Å². The third-order valence-electron chi connectivity index (χ3n) is 2.15. The molecule has 3 N–H and O–H groups in total. The minimum absolute atomic E-state index is 0.414. The van der Waals surface area contributed by atoms with E-state index in [4.69, 9.17) is 5.73 Å². The summed E-state index contributed by atoms with van der Waals surface area (Å²) in [5, 5.41) is 3.14. The lowest BCUT2D eigenvalue weighted by Crippen LogP contribution is -2.08. The Morgan fingerprint density at radius 1 is 1.44 bits per heavy atom. The summed E-state index contributed by atoms with van der Waals surface area (Å²) in [7, 11) is 1.94. The van der Waals surface area contributed by atoms with Crippen molar-refractivity contribution in [3.63, 3.8) is 0 Å². The Morgan fingerprint density at radius 3 is 2.94 bits per heavy atom. The monoisotopic (exact) mass is 282 g/mol. The predicted molar refractivity (Wildman–Crippen MR) is 64.7 cm³/mol. The third-order valence-corrected chi connectivity index (χ3v) is 2.93. The highest BCUT2D eigenvalue weighted by Crippen LogP contribution is 2.24. The molecule has 16 heavy (non-hydrogen) atoms. The number of nitrogen functional groups attached to an aromatic ring is 1.